The molecule has 0 bridgehead atoms. The van der Waals surface area contributed by atoms with Crippen LogP contribution in [0.15, 0.2) is 91.0 Å². The molecule has 3 aromatic rings. The van der Waals surface area contributed by atoms with Gasteiger partial charge >= 0.3 is 0 Å². The molecular formula is C28H29NO. The van der Waals surface area contributed by atoms with Gasteiger partial charge in [-0.2, -0.15) is 0 Å². The minimum atomic E-state index is -1.07. The van der Waals surface area contributed by atoms with Gasteiger partial charge in [-0.25, -0.2) is 0 Å². The van der Waals surface area contributed by atoms with Crippen LogP contribution in [0, 0.1) is 17.8 Å². The average molecular weight is 396 g/mol. The van der Waals surface area contributed by atoms with E-state index in [0.717, 1.165) is 18.4 Å². The third-order valence-electron chi connectivity index (χ3n) is 6.07. The Bertz CT molecular complexity index is 990. The summed E-state index contributed by atoms with van der Waals surface area (Å²) >= 11 is 0. The maximum atomic E-state index is 12.0. The highest BCUT2D eigenvalue weighted by Gasteiger charge is 2.47. The molecule has 1 aliphatic rings. The minimum absolute atomic E-state index is 0.0149. The van der Waals surface area contributed by atoms with Gasteiger partial charge in [0, 0.05) is 30.0 Å². The second kappa shape index (κ2) is 9.30. The van der Waals surface area contributed by atoms with E-state index in [0.29, 0.717) is 6.42 Å². The van der Waals surface area contributed by atoms with Crippen LogP contribution in [0.3, 0.4) is 0 Å². The smallest absolute Gasteiger partial charge is 0.132 e. The van der Waals surface area contributed by atoms with Gasteiger partial charge in [0.1, 0.15) is 5.60 Å². The molecule has 4 atom stereocenters. The molecule has 0 aromatic heterocycles. The summed E-state index contributed by atoms with van der Waals surface area (Å²) in [5.41, 5.74) is 2.26. The molecule has 0 radical (unpaired) electrons. The highest BCUT2D eigenvalue weighted by molar-refractivity contribution is 5.38. The first-order valence-corrected chi connectivity index (χ1v) is 10.9. The van der Waals surface area contributed by atoms with Crippen molar-refractivity contribution in [2.75, 3.05) is 0 Å². The Morgan fingerprint density at radius 1 is 0.867 bits per heavy atom. The molecule has 30 heavy (non-hydrogen) atoms. The number of hydrogen-bond acceptors (Lipinski definition) is 2. The van der Waals surface area contributed by atoms with Gasteiger partial charge in [-0.15, -0.1) is 0 Å². The Hall–Kier alpha value is -2.86. The van der Waals surface area contributed by atoms with Crippen molar-refractivity contribution in [3.8, 4) is 11.8 Å². The van der Waals surface area contributed by atoms with E-state index >= 15 is 0 Å². The molecule has 1 fully saturated rings. The van der Waals surface area contributed by atoms with E-state index in [1.165, 1.54) is 11.1 Å². The molecule has 1 saturated heterocycles. The zero-order valence-electron chi connectivity index (χ0n) is 17.5. The van der Waals surface area contributed by atoms with Crippen LogP contribution in [0.1, 0.15) is 55.0 Å². The average Bonchev–Trinajstić information content (AvgIpc) is 2.81. The lowest BCUT2D eigenvalue weighted by Gasteiger charge is -2.46. The first-order valence-electron chi connectivity index (χ1n) is 10.9. The number of aliphatic hydroxyl groups is 1. The summed E-state index contributed by atoms with van der Waals surface area (Å²) in [6, 6.07) is 30.9. The van der Waals surface area contributed by atoms with Crippen LogP contribution in [0.25, 0.3) is 0 Å². The first kappa shape index (κ1) is 20.4. The Labute approximate surface area is 180 Å². The number of benzene rings is 3. The predicted octanol–water partition coefficient (Wildman–Crippen LogP) is 5.66. The summed E-state index contributed by atoms with van der Waals surface area (Å²) in [6.45, 7) is 2.18. The van der Waals surface area contributed by atoms with Gasteiger partial charge in [0.2, 0.25) is 0 Å². The molecule has 1 heterocycles. The molecule has 2 nitrogen and oxygen atoms in total. The monoisotopic (exact) mass is 395 g/mol. The Morgan fingerprint density at radius 2 is 1.43 bits per heavy atom. The third kappa shape index (κ3) is 4.49. The molecule has 152 valence electrons. The molecule has 0 aliphatic carbocycles. The third-order valence-corrected chi connectivity index (χ3v) is 6.07. The fraction of sp³-hybridized carbons (Fsp3) is 0.286. The lowest BCUT2D eigenvalue weighted by molar-refractivity contribution is -0.0317. The molecule has 0 amide bonds. The zero-order valence-corrected chi connectivity index (χ0v) is 17.5. The van der Waals surface area contributed by atoms with E-state index in [4.69, 9.17) is 0 Å². The van der Waals surface area contributed by atoms with E-state index in [9.17, 15) is 5.11 Å². The molecule has 4 rings (SSSR count). The van der Waals surface area contributed by atoms with E-state index in [1.807, 2.05) is 42.5 Å². The molecular weight excluding hydrogens is 366 g/mol. The van der Waals surface area contributed by atoms with Gasteiger partial charge in [-0.05, 0) is 29.7 Å². The molecule has 0 saturated carbocycles. The minimum Gasteiger partial charge on any atom is -0.377 e. The lowest BCUT2D eigenvalue weighted by atomic mass is 9.69. The van der Waals surface area contributed by atoms with Crippen LogP contribution in [0.4, 0.5) is 0 Å². The number of hydrogen-bond donors (Lipinski definition) is 2. The van der Waals surface area contributed by atoms with Gasteiger partial charge in [-0.3, -0.25) is 0 Å². The lowest BCUT2D eigenvalue weighted by Crippen LogP contribution is -2.52. The second-order valence-corrected chi connectivity index (χ2v) is 8.16. The van der Waals surface area contributed by atoms with Gasteiger partial charge in [0.15, 0.2) is 0 Å². The van der Waals surface area contributed by atoms with Crippen molar-refractivity contribution >= 4 is 0 Å². The van der Waals surface area contributed by atoms with Crippen molar-refractivity contribution in [3.05, 3.63) is 108 Å². The van der Waals surface area contributed by atoms with E-state index in [2.05, 4.69) is 72.6 Å². The van der Waals surface area contributed by atoms with Crippen molar-refractivity contribution in [1.82, 2.24) is 5.32 Å². The molecule has 2 heteroatoms. The Morgan fingerprint density at radius 3 is 2.03 bits per heavy atom. The number of piperidine rings is 1. The first-order chi connectivity index (χ1) is 14.7. The quantitative estimate of drug-likeness (QED) is 0.559. The van der Waals surface area contributed by atoms with Gasteiger partial charge in [-0.1, -0.05) is 104 Å². The summed E-state index contributed by atoms with van der Waals surface area (Å²) in [6.07, 6.45) is 2.49. The number of rotatable bonds is 4. The molecule has 0 spiro atoms. The zero-order chi connectivity index (χ0) is 20.8. The fourth-order valence-corrected chi connectivity index (χ4v) is 4.58. The van der Waals surface area contributed by atoms with Crippen LogP contribution in [0.5, 0.6) is 0 Å². The summed E-state index contributed by atoms with van der Waals surface area (Å²) < 4.78 is 0. The summed E-state index contributed by atoms with van der Waals surface area (Å²) in [5, 5.41) is 15.8. The standard InChI is InChI=1S/C28H29NO/c1-2-12-25-27(24-17-10-5-11-18-24)29-26(23-15-8-4-9-16-23)21-28(25,30)20-19-22-13-6-3-7-14-22/h3-11,13-18,25-27,29-30H,2,12,21H2,1H3/t25-,26-,27+,28+/m1/s1. The molecule has 0 unspecified atom stereocenters. The van der Waals surface area contributed by atoms with Gasteiger partial charge < -0.3 is 10.4 Å². The van der Waals surface area contributed by atoms with Crippen molar-refractivity contribution < 1.29 is 5.11 Å². The van der Waals surface area contributed by atoms with Crippen molar-refractivity contribution in [2.45, 2.75) is 43.9 Å². The van der Waals surface area contributed by atoms with Gasteiger partial charge in [0.25, 0.3) is 0 Å². The largest absolute Gasteiger partial charge is 0.377 e. The summed E-state index contributed by atoms with van der Waals surface area (Å²) in [7, 11) is 0. The summed E-state index contributed by atoms with van der Waals surface area (Å²) in [5.74, 6) is 6.59. The molecule has 1 aliphatic heterocycles. The topological polar surface area (TPSA) is 32.3 Å². The second-order valence-electron chi connectivity index (χ2n) is 8.16. The normalized spacial score (nSPS) is 25.9. The Balaban J connectivity index is 1.77. The van der Waals surface area contributed by atoms with Crippen LogP contribution in [-0.2, 0) is 0 Å². The number of nitrogens with one attached hydrogen (secondary N) is 1. The van der Waals surface area contributed by atoms with E-state index in [-0.39, 0.29) is 18.0 Å². The maximum absolute atomic E-state index is 12.0. The highest BCUT2D eigenvalue weighted by Crippen LogP contribution is 2.45. The van der Waals surface area contributed by atoms with Gasteiger partial charge in [0.05, 0.1) is 0 Å². The molecule has 2 N–H and O–H groups in total. The van der Waals surface area contributed by atoms with Crippen LogP contribution in [-0.4, -0.2) is 10.7 Å². The van der Waals surface area contributed by atoms with Crippen LogP contribution >= 0.6 is 0 Å². The van der Waals surface area contributed by atoms with E-state index < -0.39 is 5.60 Å². The highest BCUT2D eigenvalue weighted by atomic mass is 16.3. The molecule has 3 aromatic carbocycles. The Kier molecular flexibility index (Phi) is 6.33. The predicted molar refractivity (Wildman–Crippen MR) is 123 cm³/mol. The van der Waals surface area contributed by atoms with Crippen molar-refractivity contribution in [1.29, 1.82) is 0 Å². The SMILES string of the molecule is CCC[C@@H]1[C@H](c2ccccc2)N[C@@H](c2ccccc2)C[C@@]1(O)C#Cc1ccccc1. The summed E-state index contributed by atoms with van der Waals surface area (Å²) in [4.78, 5) is 0. The van der Waals surface area contributed by atoms with E-state index in [1.54, 1.807) is 0 Å². The maximum Gasteiger partial charge on any atom is 0.132 e. The fourth-order valence-electron chi connectivity index (χ4n) is 4.58. The van der Waals surface area contributed by atoms with Crippen molar-refractivity contribution in [2.24, 2.45) is 5.92 Å². The van der Waals surface area contributed by atoms with Crippen molar-refractivity contribution in [3.63, 3.8) is 0 Å². The van der Waals surface area contributed by atoms with Crippen LogP contribution < -0.4 is 5.32 Å². The van der Waals surface area contributed by atoms with Crippen LogP contribution in [0.2, 0.25) is 0 Å².